The van der Waals surface area contributed by atoms with Gasteiger partial charge in [-0.2, -0.15) is 11.8 Å². The van der Waals surface area contributed by atoms with E-state index < -0.39 is 5.97 Å². The van der Waals surface area contributed by atoms with Gasteiger partial charge < -0.3 is 20.1 Å². The first kappa shape index (κ1) is 32.7. The van der Waals surface area contributed by atoms with Gasteiger partial charge in [-0.15, -0.1) is 11.6 Å². The number of ether oxygens (including phenoxy) is 1. The van der Waals surface area contributed by atoms with Gasteiger partial charge in [0.05, 0.1) is 30.9 Å². The predicted molar refractivity (Wildman–Crippen MR) is 174 cm³/mol. The Morgan fingerprint density at radius 1 is 1.20 bits per heavy atom. The number of aromatic nitrogens is 2. The fourth-order valence-electron chi connectivity index (χ4n) is 8.76. The zero-order valence-corrected chi connectivity index (χ0v) is 28.0. The molecule has 1 aromatic rings. The summed E-state index contributed by atoms with van der Waals surface area (Å²) >= 11 is 8.56. The van der Waals surface area contributed by atoms with Crippen LogP contribution in [0.25, 0.3) is 0 Å². The number of alkyl halides is 1. The van der Waals surface area contributed by atoms with Gasteiger partial charge in [-0.3, -0.25) is 25.0 Å². The molecule has 0 amide bonds. The van der Waals surface area contributed by atoms with E-state index in [0.717, 1.165) is 81.7 Å². The van der Waals surface area contributed by atoms with Crippen molar-refractivity contribution >= 4 is 29.3 Å². The normalized spacial score (nSPS) is 37.5. The van der Waals surface area contributed by atoms with E-state index in [4.69, 9.17) is 21.3 Å². The van der Waals surface area contributed by atoms with Crippen LogP contribution in [-0.2, 0) is 28.9 Å². The van der Waals surface area contributed by atoms with Crippen LogP contribution < -0.4 is 21.7 Å². The zero-order chi connectivity index (χ0) is 31.0. The highest BCUT2D eigenvalue weighted by molar-refractivity contribution is 8.00. The standard InChI is InChI=1S/C32H51ClN6O4S/c1-18-12-24(30-29(36-18)26(17-44-30)32(41)42)23-13-21(33)4-7-28(23)43-11-10-39-19(2)37-27-6-5-22(14-25(27)31(39)40)38(3)16-20-8-9-34-35-15-20/h18,20-24,26,28-30,34-36H,4-17H2,1-3H3,(H,41,42). The van der Waals surface area contributed by atoms with Gasteiger partial charge in [0.25, 0.3) is 5.56 Å². The summed E-state index contributed by atoms with van der Waals surface area (Å²) in [6.07, 6.45) is 7.60. The van der Waals surface area contributed by atoms with Crippen LogP contribution >= 0.6 is 23.4 Å². The quantitative estimate of drug-likeness (QED) is 0.297. The highest BCUT2D eigenvalue weighted by Crippen LogP contribution is 2.48. The Hall–Kier alpha value is -1.21. The van der Waals surface area contributed by atoms with Crippen LogP contribution in [-0.4, -0.2) is 99.4 Å². The lowest BCUT2D eigenvalue weighted by Gasteiger charge is -2.47. The number of aryl methyl sites for hydroxylation is 2. The van der Waals surface area contributed by atoms with Crippen LogP contribution in [0, 0.1) is 30.6 Å². The number of carbonyl (C=O) groups is 1. The number of hydrazine groups is 1. The topological polar surface area (TPSA) is 121 Å². The summed E-state index contributed by atoms with van der Waals surface area (Å²) in [7, 11) is 2.20. The number of hydrogen-bond donors (Lipinski definition) is 4. The molecule has 0 aromatic carbocycles. The van der Waals surface area contributed by atoms with E-state index in [9.17, 15) is 14.7 Å². The number of fused-ring (bicyclic) bond motifs is 2. The number of rotatable bonds is 9. The predicted octanol–water partition coefficient (Wildman–Crippen LogP) is 2.43. The number of likely N-dealkylation sites (N-methyl/N-ethyl adjacent to an activating group) is 1. The molecular weight excluding hydrogens is 600 g/mol. The minimum Gasteiger partial charge on any atom is -0.481 e. The third-order valence-electron chi connectivity index (χ3n) is 11.1. The summed E-state index contributed by atoms with van der Waals surface area (Å²) in [4.78, 5) is 33.2. The number of halogens is 1. The van der Waals surface area contributed by atoms with Gasteiger partial charge in [-0.25, -0.2) is 4.98 Å². The van der Waals surface area contributed by atoms with Gasteiger partial charge in [0, 0.05) is 59.7 Å². The summed E-state index contributed by atoms with van der Waals surface area (Å²) in [6.45, 7) is 8.08. The van der Waals surface area contributed by atoms with Crippen molar-refractivity contribution in [2.75, 3.05) is 39.0 Å². The van der Waals surface area contributed by atoms with Crippen LogP contribution in [0.15, 0.2) is 4.79 Å². The molecule has 6 rings (SSSR count). The molecule has 4 N–H and O–H groups in total. The molecule has 5 aliphatic rings. The van der Waals surface area contributed by atoms with Crippen molar-refractivity contribution < 1.29 is 14.6 Å². The zero-order valence-electron chi connectivity index (χ0n) is 26.5. The second-order valence-corrected chi connectivity index (χ2v) is 15.9. The number of hydrogen-bond acceptors (Lipinski definition) is 9. The number of piperidine rings is 1. The van der Waals surface area contributed by atoms with E-state index >= 15 is 0 Å². The number of thioether (sulfide) groups is 1. The van der Waals surface area contributed by atoms with Gasteiger partial charge in [-0.05, 0) is 90.0 Å². The molecule has 1 saturated carbocycles. The van der Waals surface area contributed by atoms with Crippen molar-refractivity contribution in [3.05, 3.63) is 27.4 Å². The highest BCUT2D eigenvalue weighted by Gasteiger charge is 2.51. The van der Waals surface area contributed by atoms with Crippen molar-refractivity contribution in [3.8, 4) is 0 Å². The van der Waals surface area contributed by atoms with Crippen LogP contribution in [0.5, 0.6) is 0 Å². The fourth-order valence-corrected chi connectivity index (χ4v) is 10.9. The SMILES string of the molecule is Cc1nc2c(c(=O)n1CCOC1CCC(Cl)CC1C1CC(C)NC3C(C(=O)O)CSC13)CC(N(C)CC1CCNNC1)CC2. The maximum atomic E-state index is 13.8. The van der Waals surface area contributed by atoms with Gasteiger partial charge >= 0.3 is 5.97 Å². The number of carboxylic acids is 1. The monoisotopic (exact) mass is 650 g/mol. The van der Waals surface area contributed by atoms with Gasteiger partial charge in [0.15, 0.2) is 0 Å². The fraction of sp³-hybridized carbons (Fsp3) is 0.844. The Bertz CT molecular complexity index is 1230. The van der Waals surface area contributed by atoms with Crippen LogP contribution in [0.1, 0.15) is 62.5 Å². The van der Waals surface area contributed by atoms with Crippen molar-refractivity contribution in [2.45, 2.75) is 107 Å². The largest absolute Gasteiger partial charge is 0.481 e. The van der Waals surface area contributed by atoms with E-state index in [1.807, 2.05) is 23.3 Å². The first-order chi connectivity index (χ1) is 21.2. The minimum atomic E-state index is -0.700. The van der Waals surface area contributed by atoms with Crippen molar-refractivity contribution in [3.63, 3.8) is 0 Å². The summed E-state index contributed by atoms with van der Waals surface area (Å²) in [5.41, 5.74) is 8.44. The van der Waals surface area contributed by atoms with E-state index in [0.29, 0.717) is 36.8 Å². The first-order valence-electron chi connectivity index (χ1n) is 16.8. The molecule has 4 fully saturated rings. The Morgan fingerprint density at radius 3 is 2.82 bits per heavy atom. The molecule has 10 unspecified atom stereocenters. The van der Waals surface area contributed by atoms with E-state index in [1.165, 1.54) is 6.42 Å². The molecule has 1 aromatic heterocycles. The molecule has 0 bridgehead atoms. The van der Waals surface area contributed by atoms with Gasteiger partial charge in [0.1, 0.15) is 5.82 Å². The van der Waals surface area contributed by atoms with Crippen molar-refractivity contribution in [1.82, 2.24) is 30.6 Å². The smallest absolute Gasteiger partial charge is 0.308 e. The molecule has 0 radical (unpaired) electrons. The average Bonchev–Trinajstić information content (AvgIpc) is 3.43. The van der Waals surface area contributed by atoms with E-state index in [2.05, 4.69) is 35.0 Å². The Morgan fingerprint density at radius 2 is 2.05 bits per heavy atom. The van der Waals surface area contributed by atoms with Crippen molar-refractivity contribution in [1.29, 1.82) is 0 Å². The molecule has 246 valence electrons. The van der Waals surface area contributed by atoms with Crippen LogP contribution in [0.3, 0.4) is 0 Å². The Kier molecular flexibility index (Phi) is 10.6. The molecule has 2 aliphatic carbocycles. The summed E-state index contributed by atoms with van der Waals surface area (Å²) < 4.78 is 8.47. The summed E-state index contributed by atoms with van der Waals surface area (Å²) in [5.74, 6) is 1.64. The summed E-state index contributed by atoms with van der Waals surface area (Å²) in [5, 5.41) is 13.8. The number of aliphatic carboxylic acids is 1. The van der Waals surface area contributed by atoms with Gasteiger partial charge in [0.2, 0.25) is 0 Å². The Balaban J connectivity index is 1.11. The molecule has 3 aliphatic heterocycles. The molecule has 4 heterocycles. The van der Waals surface area contributed by atoms with E-state index in [-0.39, 0.29) is 46.2 Å². The maximum absolute atomic E-state index is 13.8. The second-order valence-electron chi connectivity index (χ2n) is 14.1. The molecule has 3 saturated heterocycles. The molecule has 44 heavy (non-hydrogen) atoms. The second kappa shape index (κ2) is 14.3. The molecular formula is C32H51ClN6O4S. The highest BCUT2D eigenvalue weighted by atomic mass is 35.5. The molecule has 10 atom stereocenters. The van der Waals surface area contributed by atoms with Crippen molar-refractivity contribution in [2.24, 2.45) is 23.7 Å². The lowest BCUT2D eigenvalue weighted by molar-refractivity contribution is -0.142. The number of nitrogens with zero attached hydrogens (tertiary/aromatic N) is 3. The minimum absolute atomic E-state index is 0.00962. The lowest BCUT2D eigenvalue weighted by atomic mass is 9.70. The summed E-state index contributed by atoms with van der Waals surface area (Å²) in [6, 6.07) is 0.612. The first-order valence-corrected chi connectivity index (χ1v) is 18.3. The molecule has 10 nitrogen and oxygen atoms in total. The maximum Gasteiger partial charge on any atom is 0.308 e. The van der Waals surface area contributed by atoms with E-state index in [1.54, 1.807) is 0 Å². The van der Waals surface area contributed by atoms with Crippen LogP contribution in [0.2, 0.25) is 0 Å². The number of carboxylic acid groups (broad SMARTS) is 1. The number of nitrogens with one attached hydrogen (secondary N) is 3. The van der Waals surface area contributed by atoms with Gasteiger partial charge in [-0.1, -0.05) is 0 Å². The molecule has 12 heteroatoms. The average molecular weight is 651 g/mol. The Labute approximate surface area is 270 Å². The van der Waals surface area contributed by atoms with Crippen LogP contribution in [0.4, 0.5) is 0 Å². The third kappa shape index (κ3) is 7.04. The third-order valence-corrected chi connectivity index (χ3v) is 13.1. The molecule has 0 spiro atoms. The lowest BCUT2D eigenvalue weighted by Crippen LogP contribution is -2.57.